The Morgan fingerprint density at radius 3 is 2.39 bits per heavy atom. The van der Waals surface area contributed by atoms with Crippen LogP contribution in [-0.4, -0.2) is 77.2 Å². The number of hydrogen-bond donors (Lipinski definition) is 5. The van der Waals surface area contributed by atoms with Crippen molar-refractivity contribution in [3.8, 4) is 5.75 Å². The van der Waals surface area contributed by atoms with Gasteiger partial charge in [0.25, 0.3) is 5.91 Å². The summed E-state index contributed by atoms with van der Waals surface area (Å²) in [6.45, 7) is 7.09. The highest BCUT2D eigenvalue weighted by Crippen LogP contribution is 2.39. The molecule has 1 saturated heterocycles. The molecule has 2 aliphatic rings. The molecule has 0 radical (unpaired) electrons. The van der Waals surface area contributed by atoms with E-state index in [4.69, 9.17) is 4.74 Å². The van der Waals surface area contributed by atoms with Crippen molar-refractivity contribution >= 4 is 11.8 Å². The summed E-state index contributed by atoms with van der Waals surface area (Å²) >= 11 is 0. The van der Waals surface area contributed by atoms with E-state index in [-0.39, 0.29) is 30.6 Å². The molecule has 0 bridgehead atoms. The van der Waals surface area contributed by atoms with Crippen LogP contribution in [0, 0.1) is 11.8 Å². The molecule has 10 heteroatoms. The fourth-order valence-electron chi connectivity index (χ4n) is 6.63. The van der Waals surface area contributed by atoms with Gasteiger partial charge in [-0.2, -0.15) is 0 Å². The zero-order valence-electron chi connectivity index (χ0n) is 26.5. The first-order valence-electron chi connectivity index (χ1n) is 15.8. The molecule has 1 aliphatic carbocycles. The third-order valence-electron chi connectivity index (χ3n) is 8.83. The van der Waals surface area contributed by atoms with Crippen LogP contribution in [0.5, 0.6) is 5.75 Å². The number of nitrogens with one attached hydrogen (secondary N) is 3. The van der Waals surface area contributed by atoms with Crippen LogP contribution in [-0.2, 0) is 27.4 Å². The second-order valence-corrected chi connectivity index (χ2v) is 13.3. The zero-order valence-corrected chi connectivity index (χ0v) is 26.5. The third-order valence-corrected chi connectivity index (χ3v) is 8.83. The Labute approximate surface area is 261 Å². The average Bonchev–Trinajstić information content (AvgIpc) is 3.00. The SMILES string of the molecule is COc1ccccc1CNC(OO)C(=O)NC(Cc1ccccc1)C(O)CN1CC2CCCCC2CC1C(=O)NC(C)(C)C. The standard InChI is InChI=1S/C34H50N4O6/c1-34(2,3)37-31(40)28-19-24-14-8-9-16-26(24)21-38(28)22-29(39)27(18-23-12-6-5-7-13-23)36-32(41)33(44-42)35-20-25-15-10-11-17-30(25)43-4/h5-7,10-13,15,17,24,26-29,33,35,39,42H,8-9,14,16,18-22H2,1-4H3,(H,36,41)(H,37,40). The highest BCUT2D eigenvalue weighted by Gasteiger charge is 2.42. The van der Waals surface area contributed by atoms with Gasteiger partial charge in [-0.15, -0.1) is 0 Å². The third kappa shape index (κ3) is 9.49. The summed E-state index contributed by atoms with van der Waals surface area (Å²) in [4.78, 5) is 33.5. The van der Waals surface area contributed by atoms with Crippen molar-refractivity contribution in [2.75, 3.05) is 20.2 Å². The number of aliphatic hydroxyl groups is 1. The fraction of sp³-hybridized carbons (Fsp3) is 0.588. The molecule has 6 unspecified atom stereocenters. The summed E-state index contributed by atoms with van der Waals surface area (Å²) in [5.41, 5.74) is 1.36. The number of fused-ring (bicyclic) bond motifs is 1. The number of likely N-dealkylation sites (tertiary alicyclic amines) is 1. The Bertz CT molecular complexity index is 1210. The lowest BCUT2D eigenvalue weighted by molar-refractivity contribution is -0.279. The van der Waals surface area contributed by atoms with Crippen LogP contribution in [0.15, 0.2) is 54.6 Å². The number of carbonyl (C=O) groups is 2. The topological polar surface area (TPSA) is 132 Å². The molecule has 0 aromatic heterocycles. The molecular weight excluding hydrogens is 560 g/mol. The summed E-state index contributed by atoms with van der Waals surface area (Å²) in [5.74, 6) is 0.996. The molecule has 2 fully saturated rings. The Kier molecular flexibility index (Phi) is 12.2. The number of β-amino-alcohol motifs (C(OH)–C–C–N with tert-alkyl or cyclic N) is 1. The predicted molar refractivity (Wildman–Crippen MR) is 169 cm³/mol. The van der Waals surface area contributed by atoms with Crippen LogP contribution in [0.2, 0.25) is 0 Å². The maximum absolute atomic E-state index is 13.5. The molecule has 0 spiro atoms. The quantitative estimate of drug-likeness (QED) is 0.132. The summed E-state index contributed by atoms with van der Waals surface area (Å²) in [6.07, 6.45) is 3.40. The highest BCUT2D eigenvalue weighted by molar-refractivity contribution is 5.82. The molecule has 6 atom stereocenters. The second-order valence-electron chi connectivity index (χ2n) is 13.3. The van der Waals surface area contributed by atoms with E-state index >= 15 is 0 Å². The summed E-state index contributed by atoms with van der Waals surface area (Å²) in [7, 11) is 1.56. The van der Waals surface area contributed by atoms with E-state index in [1.54, 1.807) is 7.11 Å². The van der Waals surface area contributed by atoms with Crippen molar-refractivity contribution in [1.82, 2.24) is 20.9 Å². The number of amides is 2. The maximum atomic E-state index is 13.5. The van der Waals surface area contributed by atoms with Crippen LogP contribution in [0.3, 0.4) is 0 Å². The van der Waals surface area contributed by atoms with Gasteiger partial charge in [0.05, 0.1) is 25.3 Å². The molecule has 2 aromatic rings. The van der Waals surface area contributed by atoms with E-state index in [1.165, 1.54) is 12.8 Å². The van der Waals surface area contributed by atoms with Crippen LogP contribution in [0.25, 0.3) is 0 Å². The fourth-order valence-corrected chi connectivity index (χ4v) is 6.63. The van der Waals surface area contributed by atoms with E-state index in [9.17, 15) is 20.0 Å². The van der Waals surface area contributed by atoms with Crippen LogP contribution >= 0.6 is 0 Å². The Morgan fingerprint density at radius 1 is 1.02 bits per heavy atom. The zero-order chi connectivity index (χ0) is 31.7. The van der Waals surface area contributed by atoms with Gasteiger partial charge < -0.3 is 20.5 Å². The lowest BCUT2D eigenvalue weighted by atomic mass is 9.72. The Balaban J connectivity index is 1.50. The van der Waals surface area contributed by atoms with Crippen molar-refractivity contribution < 1.29 is 29.6 Å². The first-order valence-corrected chi connectivity index (χ1v) is 15.8. The average molecular weight is 611 g/mol. The summed E-state index contributed by atoms with van der Waals surface area (Å²) < 4.78 is 5.38. The molecule has 4 rings (SSSR count). The van der Waals surface area contributed by atoms with Crippen molar-refractivity contribution in [3.05, 3.63) is 65.7 Å². The normalized spacial score (nSPS) is 22.7. The number of nitrogens with zero attached hydrogens (tertiary/aromatic N) is 1. The molecule has 5 N–H and O–H groups in total. The van der Waals surface area contributed by atoms with Gasteiger partial charge in [0.1, 0.15) is 5.75 Å². The molecule has 1 saturated carbocycles. The first-order chi connectivity index (χ1) is 21.1. The monoisotopic (exact) mass is 610 g/mol. The number of methoxy groups -OCH3 is 1. The molecule has 2 amide bonds. The Morgan fingerprint density at radius 2 is 1.70 bits per heavy atom. The van der Waals surface area contributed by atoms with Gasteiger partial charge in [-0.05, 0) is 63.5 Å². The number of ether oxygens (including phenoxy) is 1. The Hall–Kier alpha value is -3.02. The van der Waals surface area contributed by atoms with Gasteiger partial charge >= 0.3 is 0 Å². The van der Waals surface area contributed by atoms with E-state index in [1.807, 2.05) is 75.4 Å². The van der Waals surface area contributed by atoms with E-state index in [0.29, 0.717) is 24.0 Å². The van der Waals surface area contributed by atoms with Gasteiger partial charge in [0.15, 0.2) is 0 Å². The van der Waals surface area contributed by atoms with Crippen LogP contribution in [0.4, 0.5) is 0 Å². The molecule has 2 aromatic carbocycles. The van der Waals surface area contributed by atoms with E-state index < -0.39 is 24.3 Å². The number of rotatable bonds is 13. The number of hydrogen-bond acceptors (Lipinski definition) is 8. The molecule has 1 aliphatic heterocycles. The minimum atomic E-state index is -1.38. The molecule has 44 heavy (non-hydrogen) atoms. The molecule has 242 valence electrons. The lowest BCUT2D eigenvalue weighted by Crippen LogP contribution is -2.61. The lowest BCUT2D eigenvalue weighted by Gasteiger charge is -2.47. The van der Waals surface area contributed by atoms with Gasteiger partial charge in [-0.1, -0.05) is 67.8 Å². The van der Waals surface area contributed by atoms with Crippen molar-refractivity contribution in [2.24, 2.45) is 11.8 Å². The molecule has 10 nitrogen and oxygen atoms in total. The second kappa shape index (κ2) is 15.8. The van der Waals surface area contributed by atoms with Crippen LogP contribution < -0.4 is 20.7 Å². The largest absolute Gasteiger partial charge is 0.496 e. The van der Waals surface area contributed by atoms with Crippen molar-refractivity contribution in [3.63, 3.8) is 0 Å². The van der Waals surface area contributed by atoms with Crippen molar-refractivity contribution in [2.45, 2.75) is 95.8 Å². The number of piperidine rings is 1. The van der Waals surface area contributed by atoms with Gasteiger partial charge in [-0.25, -0.2) is 10.1 Å². The maximum Gasteiger partial charge on any atom is 0.267 e. The minimum absolute atomic E-state index is 0.0216. The minimum Gasteiger partial charge on any atom is -0.496 e. The highest BCUT2D eigenvalue weighted by atomic mass is 17.1. The summed E-state index contributed by atoms with van der Waals surface area (Å²) in [5, 5.41) is 30.3. The van der Waals surface area contributed by atoms with Gasteiger partial charge in [0, 0.05) is 30.7 Å². The number of aliphatic hydroxyl groups excluding tert-OH is 1. The molecular formula is C34H50N4O6. The smallest absolute Gasteiger partial charge is 0.267 e. The number of para-hydroxylation sites is 1. The number of benzene rings is 2. The first kappa shape index (κ1) is 33.9. The van der Waals surface area contributed by atoms with E-state index in [2.05, 4.69) is 25.7 Å². The van der Waals surface area contributed by atoms with E-state index in [0.717, 1.165) is 36.9 Å². The molecule has 1 heterocycles. The number of carbonyl (C=O) groups excluding carboxylic acids is 2. The van der Waals surface area contributed by atoms with Crippen molar-refractivity contribution in [1.29, 1.82) is 0 Å². The summed E-state index contributed by atoms with van der Waals surface area (Å²) in [6, 6.07) is 15.9. The predicted octanol–water partition coefficient (Wildman–Crippen LogP) is 3.48. The van der Waals surface area contributed by atoms with Gasteiger partial charge in [0.2, 0.25) is 12.1 Å². The van der Waals surface area contributed by atoms with Gasteiger partial charge in [-0.3, -0.25) is 19.8 Å². The van der Waals surface area contributed by atoms with Crippen LogP contribution in [0.1, 0.15) is 64.0 Å².